The average Bonchev–Trinajstić information content (AvgIpc) is 2.17. The van der Waals surface area contributed by atoms with Crippen LogP contribution in [0.3, 0.4) is 0 Å². The number of nitrogens with one attached hydrogen (secondary N) is 1. The molecule has 3 heteroatoms. The Morgan fingerprint density at radius 3 is 2.30 bits per heavy atom. The Labute approximate surface area is 67.8 Å². The molecule has 0 radical (unpaired) electrons. The number of aldehydes is 1. The van der Waals surface area contributed by atoms with E-state index in [1.54, 1.807) is 0 Å². The maximum absolute atomic E-state index is 10.3. The van der Waals surface area contributed by atoms with Gasteiger partial charge in [-0.1, -0.05) is 0 Å². The molecule has 0 fully saturated rings. The number of hydrogen-bond donors (Lipinski definition) is 1. The van der Waals surface area contributed by atoms with Gasteiger partial charge in [0.05, 0.1) is 5.69 Å². The van der Waals surface area contributed by atoms with Crippen LogP contribution in [0.25, 0.3) is 0 Å². The highest BCUT2D eigenvalue weighted by Crippen LogP contribution is 2.21. The fraction of sp³-hybridized carbons (Fsp3) is 0.286. The standard InChI is InChI=1S/C7H8BrNO/c1-4-5(2)9-6(3-10)7(4)8/h3,9H,1-2H3. The van der Waals surface area contributed by atoms with Gasteiger partial charge in [0.15, 0.2) is 6.29 Å². The van der Waals surface area contributed by atoms with Crippen molar-refractivity contribution in [1.29, 1.82) is 0 Å². The van der Waals surface area contributed by atoms with Gasteiger partial charge < -0.3 is 4.98 Å². The zero-order valence-electron chi connectivity index (χ0n) is 5.86. The van der Waals surface area contributed by atoms with Crippen molar-refractivity contribution in [2.75, 3.05) is 0 Å². The summed E-state index contributed by atoms with van der Waals surface area (Å²) >= 11 is 3.30. The van der Waals surface area contributed by atoms with Gasteiger partial charge in [-0.2, -0.15) is 0 Å². The van der Waals surface area contributed by atoms with Gasteiger partial charge in [-0.25, -0.2) is 0 Å². The SMILES string of the molecule is Cc1[nH]c(C=O)c(Br)c1C. The summed E-state index contributed by atoms with van der Waals surface area (Å²) in [6, 6.07) is 0. The second-order valence-electron chi connectivity index (χ2n) is 2.22. The van der Waals surface area contributed by atoms with Crippen molar-refractivity contribution in [3.8, 4) is 0 Å². The lowest BCUT2D eigenvalue weighted by atomic mass is 10.3. The van der Waals surface area contributed by atoms with Crippen molar-refractivity contribution in [1.82, 2.24) is 4.98 Å². The molecule has 10 heavy (non-hydrogen) atoms. The van der Waals surface area contributed by atoms with E-state index in [1.165, 1.54) is 0 Å². The predicted octanol–water partition coefficient (Wildman–Crippen LogP) is 2.21. The zero-order chi connectivity index (χ0) is 7.72. The van der Waals surface area contributed by atoms with E-state index in [0.717, 1.165) is 22.0 Å². The van der Waals surface area contributed by atoms with E-state index in [9.17, 15) is 4.79 Å². The predicted molar refractivity (Wildman–Crippen MR) is 43.4 cm³/mol. The van der Waals surface area contributed by atoms with Crippen molar-refractivity contribution in [3.05, 3.63) is 21.4 Å². The van der Waals surface area contributed by atoms with Crippen molar-refractivity contribution in [2.24, 2.45) is 0 Å². The molecule has 0 amide bonds. The number of H-pyrrole nitrogens is 1. The molecule has 0 saturated heterocycles. The Morgan fingerprint density at radius 2 is 2.10 bits per heavy atom. The van der Waals surface area contributed by atoms with E-state index in [-0.39, 0.29) is 0 Å². The monoisotopic (exact) mass is 201 g/mol. The molecule has 1 N–H and O–H groups in total. The Kier molecular flexibility index (Phi) is 1.94. The molecule has 1 heterocycles. The van der Waals surface area contributed by atoms with E-state index >= 15 is 0 Å². The topological polar surface area (TPSA) is 32.9 Å². The van der Waals surface area contributed by atoms with Crippen LogP contribution in [-0.2, 0) is 0 Å². The van der Waals surface area contributed by atoms with Crippen molar-refractivity contribution in [2.45, 2.75) is 13.8 Å². The summed E-state index contributed by atoms with van der Waals surface area (Å²) in [5.74, 6) is 0. The molecule has 0 atom stereocenters. The van der Waals surface area contributed by atoms with Gasteiger partial charge in [-0.15, -0.1) is 0 Å². The minimum atomic E-state index is 0.620. The number of aromatic nitrogens is 1. The fourth-order valence-electron chi connectivity index (χ4n) is 0.798. The Balaban J connectivity index is 3.30. The number of hydrogen-bond acceptors (Lipinski definition) is 1. The summed E-state index contributed by atoms with van der Waals surface area (Å²) in [6.07, 6.45) is 0.810. The first-order chi connectivity index (χ1) is 4.66. The number of rotatable bonds is 1. The largest absolute Gasteiger partial charge is 0.355 e. The van der Waals surface area contributed by atoms with Crippen LogP contribution >= 0.6 is 15.9 Å². The average molecular weight is 202 g/mol. The van der Waals surface area contributed by atoms with Crippen molar-refractivity contribution < 1.29 is 4.79 Å². The smallest absolute Gasteiger partial charge is 0.167 e. The Morgan fingerprint density at radius 1 is 1.50 bits per heavy atom. The highest BCUT2D eigenvalue weighted by molar-refractivity contribution is 9.10. The molecular weight excluding hydrogens is 194 g/mol. The molecule has 1 aromatic heterocycles. The van der Waals surface area contributed by atoms with Crippen molar-refractivity contribution >= 4 is 22.2 Å². The van der Waals surface area contributed by atoms with Gasteiger partial charge in [0.1, 0.15) is 0 Å². The molecule has 0 aliphatic rings. The Hall–Kier alpha value is -0.570. The van der Waals surface area contributed by atoms with E-state index in [0.29, 0.717) is 5.69 Å². The zero-order valence-corrected chi connectivity index (χ0v) is 7.45. The lowest BCUT2D eigenvalue weighted by molar-refractivity contribution is 0.111. The van der Waals surface area contributed by atoms with Crippen LogP contribution in [0.4, 0.5) is 0 Å². The summed E-state index contributed by atoms with van der Waals surface area (Å²) < 4.78 is 0.875. The Bertz CT molecular complexity index is 265. The minimum Gasteiger partial charge on any atom is -0.355 e. The summed E-state index contributed by atoms with van der Waals surface area (Å²) in [4.78, 5) is 13.3. The van der Waals surface area contributed by atoms with Crippen LogP contribution in [0, 0.1) is 13.8 Å². The molecule has 0 saturated carbocycles. The van der Waals surface area contributed by atoms with Gasteiger partial charge in [-0.05, 0) is 35.3 Å². The molecule has 0 aromatic carbocycles. The number of halogens is 1. The van der Waals surface area contributed by atoms with Gasteiger partial charge in [0, 0.05) is 10.2 Å². The molecule has 0 spiro atoms. The van der Waals surface area contributed by atoms with Gasteiger partial charge in [0.2, 0.25) is 0 Å². The van der Waals surface area contributed by atoms with Crippen molar-refractivity contribution in [3.63, 3.8) is 0 Å². The maximum atomic E-state index is 10.3. The first kappa shape index (κ1) is 7.54. The third-order valence-electron chi connectivity index (χ3n) is 1.57. The van der Waals surface area contributed by atoms with E-state index in [2.05, 4.69) is 20.9 Å². The molecule has 0 aliphatic heterocycles. The molecule has 2 nitrogen and oxygen atoms in total. The first-order valence-corrected chi connectivity index (χ1v) is 3.76. The lowest BCUT2D eigenvalue weighted by Crippen LogP contribution is -1.78. The fourth-order valence-corrected chi connectivity index (χ4v) is 1.29. The van der Waals surface area contributed by atoms with Crippen LogP contribution in [0.15, 0.2) is 4.47 Å². The third-order valence-corrected chi connectivity index (χ3v) is 2.59. The van der Waals surface area contributed by atoms with Crippen LogP contribution in [0.1, 0.15) is 21.7 Å². The molecule has 0 bridgehead atoms. The van der Waals surface area contributed by atoms with E-state index in [4.69, 9.17) is 0 Å². The second-order valence-corrected chi connectivity index (χ2v) is 3.01. The third kappa shape index (κ3) is 1.01. The summed E-state index contributed by atoms with van der Waals surface area (Å²) in [7, 11) is 0. The molecule has 0 unspecified atom stereocenters. The quantitative estimate of drug-likeness (QED) is 0.695. The summed E-state index contributed by atoms with van der Waals surface area (Å²) in [6.45, 7) is 3.90. The molecule has 0 aliphatic carbocycles. The molecule has 1 rings (SSSR count). The van der Waals surface area contributed by atoms with E-state index in [1.807, 2.05) is 13.8 Å². The van der Waals surface area contributed by atoms with Crippen LogP contribution in [0.2, 0.25) is 0 Å². The number of aryl methyl sites for hydroxylation is 1. The van der Waals surface area contributed by atoms with E-state index < -0.39 is 0 Å². The number of carbonyl (C=O) groups excluding carboxylic acids is 1. The maximum Gasteiger partial charge on any atom is 0.167 e. The summed E-state index contributed by atoms with van der Waals surface area (Å²) in [5, 5.41) is 0. The molecule has 54 valence electrons. The highest BCUT2D eigenvalue weighted by Gasteiger charge is 2.06. The molecular formula is C7H8BrNO. The van der Waals surface area contributed by atoms with Crippen LogP contribution < -0.4 is 0 Å². The number of carbonyl (C=O) groups is 1. The first-order valence-electron chi connectivity index (χ1n) is 2.96. The highest BCUT2D eigenvalue weighted by atomic mass is 79.9. The summed E-state index contributed by atoms with van der Waals surface area (Å²) in [5.41, 5.74) is 2.76. The van der Waals surface area contributed by atoms with Crippen LogP contribution in [0.5, 0.6) is 0 Å². The lowest BCUT2D eigenvalue weighted by Gasteiger charge is -1.85. The molecule has 1 aromatic rings. The van der Waals surface area contributed by atoms with Gasteiger partial charge >= 0.3 is 0 Å². The van der Waals surface area contributed by atoms with Crippen LogP contribution in [-0.4, -0.2) is 11.3 Å². The van der Waals surface area contributed by atoms with Gasteiger partial charge in [-0.3, -0.25) is 4.79 Å². The minimum absolute atomic E-state index is 0.620. The van der Waals surface area contributed by atoms with Gasteiger partial charge in [0.25, 0.3) is 0 Å². The second kappa shape index (κ2) is 2.58. The number of aromatic amines is 1. The normalized spacial score (nSPS) is 9.90.